The average molecular weight is 160 g/mol. The monoisotopic (exact) mass is 160 g/mol. The van der Waals surface area contributed by atoms with Crippen LogP contribution in [0.1, 0.15) is 34.1 Å². The zero-order valence-corrected chi connectivity index (χ0v) is 8.05. The third-order valence-corrected chi connectivity index (χ3v) is 2.38. The van der Waals surface area contributed by atoms with Crippen molar-refractivity contribution in [3.63, 3.8) is 0 Å². The molecule has 0 N–H and O–H groups in total. The zero-order valence-electron chi connectivity index (χ0n) is 7.23. The van der Waals surface area contributed by atoms with Crippen molar-refractivity contribution < 1.29 is 4.74 Å². The largest absolute Gasteiger partial charge is 0.487 e. The van der Waals surface area contributed by atoms with Crippen LogP contribution in [0, 0.1) is 5.41 Å². The molecule has 0 aliphatic heterocycles. The topological polar surface area (TPSA) is 9.23 Å². The van der Waals surface area contributed by atoms with Crippen molar-refractivity contribution in [2.24, 2.45) is 5.41 Å². The van der Waals surface area contributed by atoms with Crippen molar-refractivity contribution in [1.29, 1.82) is 0 Å². The molecule has 0 radical (unpaired) electrons. The summed E-state index contributed by atoms with van der Waals surface area (Å²) in [5.74, 6) is 0. The van der Waals surface area contributed by atoms with Crippen molar-refractivity contribution in [1.82, 2.24) is 0 Å². The molecule has 0 aliphatic rings. The van der Waals surface area contributed by atoms with E-state index >= 15 is 0 Å². The Morgan fingerprint density at radius 2 is 1.90 bits per heavy atom. The summed E-state index contributed by atoms with van der Waals surface area (Å²) >= 11 is 5.07. The first-order valence-electron chi connectivity index (χ1n) is 3.71. The Morgan fingerprint density at radius 1 is 1.40 bits per heavy atom. The van der Waals surface area contributed by atoms with Gasteiger partial charge in [-0.15, -0.1) is 0 Å². The third-order valence-electron chi connectivity index (χ3n) is 1.71. The number of ether oxygens (including phenoxy) is 1. The van der Waals surface area contributed by atoms with Crippen LogP contribution >= 0.6 is 12.2 Å². The summed E-state index contributed by atoms with van der Waals surface area (Å²) < 4.78 is 5.23. The van der Waals surface area contributed by atoms with Crippen molar-refractivity contribution in [3.05, 3.63) is 0 Å². The highest BCUT2D eigenvalue weighted by Crippen LogP contribution is 2.22. The summed E-state index contributed by atoms with van der Waals surface area (Å²) in [5.41, 5.74) is 0.0609. The van der Waals surface area contributed by atoms with Gasteiger partial charge < -0.3 is 4.74 Å². The minimum absolute atomic E-state index is 0.0609. The number of thiocarbonyl (C=S) groups is 1. The van der Waals surface area contributed by atoms with Gasteiger partial charge in [-0.1, -0.05) is 20.8 Å². The summed E-state index contributed by atoms with van der Waals surface area (Å²) in [6, 6.07) is 0. The maximum atomic E-state index is 5.23. The fourth-order valence-corrected chi connectivity index (χ4v) is 0.733. The molecule has 0 aliphatic carbocycles. The Labute approximate surface area is 68.8 Å². The predicted molar refractivity (Wildman–Crippen MR) is 48.3 cm³/mol. The second-order valence-electron chi connectivity index (χ2n) is 2.96. The zero-order chi connectivity index (χ0) is 8.20. The van der Waals surface area contributed by atoms with E-state index in [1.54, 1.807) is 0 Å². The molecule has 0 amide bonds. The number of hydrogen-bond donors (Lipinski definition) is 0. The lowest BCUT2D eigenvalue weighted by molar-refractivity contribution is 0.280. The van der Waals surface area contributed by atoms with E-state index in [0.717, 1.165) is 11.5 Å². The van der Waals surface area contributed by atoms with E-state index in [9.17, 15) is 0 Å². The molecule has 0 atom stereocenters. The Balaban J connectivity index is 3.91. The van der Waals surface area contributed by atoms with Crippen LogP contribution in [0.2, 0.25) is 0 Å². The molecule has 0 saturated heterocycles. The Morgan fingerprint density at radius 3 is 2.20 bits per heavy atom. The average Bonchev–Trinajstić information content (AvgIpc) is 1.89. The van der Waals surface area contributed by atoms with E-state index < -0.39 is 0 Å². The molecule has 0 spiro atoms. The molecule has 0 aromatic carbocycles. The highest BCUT2D eigenvalue weighted by Gasteiger charge is 2.21. The minimum Gasteiger partial charge on any atom is -0.487 e. The number of rotatable bonds is 3. The van der Waals surface area contributed by atoms with Gasteiger partial charge >= 0.3 is 0 Å². The standard InChI is InChI=1S/C8H16OS/c1-5-8(3,4)7(10)9-6-2/h5-6H2,1-4H3. The third kappa shape index (κ3) is 2.65. The number of hydrogen-bond acceptors (Lipinski definition) is 2. The fraction of sp³-hybridized carbons (Fsp3) is 0.875. The summed E-state index contributed by atoms with van der Waals surface area (Å²) in [6.07, 6.45) is 1.03. The lowest BCUT2D eigenvalue weighted by Crippen LogP contribution is -2.23. The van der Waals surface area contributed by atoms with Crippen molar-refractivity contribution in [2.75, 3.05) is 6.61 Å². The van der Waals surface area contributed by atoms with E-state index in [0.29, 0.717) is 6.61 Å². The molecule has 1 nitrogen and oxygen atoms in total. The summed E-state index contributed by atoms with van der Waals surface area (Å²) in [4.78, 5) is 0. The summed E-state index contributed by atoms with van der Waals surface area (Å²) in [6.45, 7) is 8.96. The van der Waals surface area contributed by atoms with Gasteiger partial charge in [-0.25, -0.2) is 0 Å². The van der Waals surface area contributed by atoms with Gasteiger partial charge in [-0.2, -0.15) is 0 Å². The molecule has 0 rings (SSSR count). The van der Waals surface area contributed by atoms with Gasteiger partial charge in [-0.3, -0.25) is 0 Å². The molecule has 0 saturated carbocycles. The molecule has 60 valence electrons. The van der Waals surface area contributed by atoms with Gasteiger partial charge in [0.15, 0.2) is 5.05 Å². The highest BCUT2D eigenvalue weighted by molar-refractivity contribution is 7.80. The van der Waals surface area contributed by atoms with Crippen LogP contribution in [-0.4, -0.2) is 11.7 Å². The van der Waals surface area contributed by atoms with Gasteiger partial charge in [0.05, 0.1) is 6.61 Å². The van der Waals surface area contributed by atoms with Crippen molar-refractivity contribution in [3.8, 4) is 0 Å². The van der Waals surface area contributed by atoms with Crippen LogP contribution in [0.15, 0.2) is 0 Å². The smallest absolute Gasteiger partial charge is 0.165 e. The van der Waals surface area contributed by atoms with Gasteiger partial charge in [0.1, 0.15) is 0 Å². The highest BCUT2D eigenvalue weighted by atomic mass is 32.1. The SMILES string of the molecule is CCOC(=S)C(C)(C)CC. The van der Waals surface area contributed by atoms with Crippen LogP contribution in [0.5, 0.6) is 0 Å². The fourth-order valence-electron chi connectivity index (χ4n) is 0.471. The second-order valence-corrected chi connectivity index (χ2v) is 3.33. The van der Waals surface area contributed by atoms with Gasteiger partial charge in [0.25, 0.3) is 0 Å². The Bertz CT molecular complexity index is 118. The predicted octanol–water partition coefficient (Wildman–Crippen LogP) is 2.79. The van der Waals surface area contributed by atoms with E-state index in [4.69, 9.17) is 17.0 Å². The first-order chi connectivity index (χ1) is 4.54. The molecule has 2 heteroatoms. The lowest BCUT2D eigenvalue weighted by atomic mass is 9.91. The first-order valence-corrected chi connectivity index (χ1v) is 4.12. The van der Waals surface area contributed by atoms with Gasteiger partial charge in [0, 0.05) is 5.41 Å². The maximum Gasteiger partial charge on any atom is 0.165 e. The summed E-state index contributed by atoms with van der Waals surface area (Å²) in [7, 11) is 0. The molecule has 0 bridgehead atoms. The molecule has 10 heavy (non-hydrogen) atoms. The molecule has 0 aromatic rings. The van der Waals surface area contributed by atoms with Gasteiger partial charge in [0.2, 0.25) is 0 Å². The maximum absolute atomic E-state index is 5.23. The molecular weight excluding hydrogens is 144 g/mol. The first kappa shape index (κ1) is 9.89. The van der Waals surface area contributed by atoms with Crippen LogP contribution < -0.4 is 0 Å². The van der Waals surface area contributed by atoms with Crippen LogP contribution in [0.3, 0.4) is 0 Å². The van der Waals surface area contributed by atoms with Gasteiger partial charge in [-0.05, 0) is 25.6 Å². The van der Waals surface area contributed by atoms with Crippen molar-refractivity contribution >= 4 is 17.3 Å². The molecule has 0 unspecified atom stereocenters. The molecule has 0 aromatic heterocycles. The summed E-state index contributed by atoms with van der Waals surface area (Å²) in [5, 5.41) is 0.734. The van der Waals surface area contributed by atoms with Crippen LogP contribution in [0.4, 0.5) is 0 Å². The quantitative estimate of drug-likeness (QED) is 0.587. The van der Waals surface area contributed by atoms with Crippen LogP contribution in [-0.2, 0) is 4.74 Å². The minimum atomic E-state index is 0.0609. The lowest BCUT2D eigenvalue weighted by Gasteiger charge is -2.22. The molecular formula is C8H16OS. The molecule has 0 fully saturated rings. The van der Waals surface area contributed by atoms with E-state index in [1.807, 2.05) is 6.92 Å². The van der Waals surface area contributed by atoms with E-state index in [1.165, 1.54) is 0 Å². The van der Waals surface area contributed by atoms with E-state index in [-0.39, 0.29) is 5.41 Å². The van der Waals surface area contributed by atoms with E-state index in [2.05, 4.69) is 20.8 Å². The van der Waals surface area contributed by atoms with Crippen molar-refractivity contribution in [2.45, 2.75) is 34.1 Å². The second kappa shape index (κ2) is 3.91. The normalized spacial score (nSPS) is 11.2. The molecule has 0 heterocycles. The Kier molecular flexibility index (Phi) is 3.87. The Hall–Kier alpha value is -0.110. The van der Waals surface area contributed by atoms with Crippen LogP contribution in [0.25, 0.3) is 0 Å².